The summed E-state index contributed by atoms with van der Waals surface area (Å²) in [6, 6.07) is 0. The summed E-state index contributed by atoms with van der Waals surface area (Å²) in [5.74, 6) is 0. The van der Waals surface area contributed by atoms with Gasteiger partial charge in [-0.1, -0.05) is 39.2 Å². The molecule has 0 N–H and O–H groups in total. The van der Waals surface area contributed by atoms with E-state index in [1.54, 1.807) is 0 Å². The van der Waals surface area contributed by atoms with Gasteiger partial charge in [-0.2, -0.15) is 0 Å². The van der Waals surface area contributed by atoms with E-state index in [1.165, 1.54) is 45.3 Å². The van der Waals surface area contributed by atoms with Gasteiger partial charge in [-0.05, 0) is 19.3 Å². The fourth-order valence-corrected chi connectivity index (χ4v) is 2.77. The second-order valence-corrected chi connectivity index (χ2v) is 5.17. The van der Waals surface area contributed by atoms with E-state index in [4.69, 9.17) is 0 Å². The number of rotatable bonds is 6. The molecule has 1 unspecified atom stereocenters. The van der Waals surface area contributed by atoms with Crippen molar-refractivity contribution in [2.75, 3.05) is 26.2 Å². The predicted octanol–water partition coefficient (Wildman–Crippen LogP) is 1.93. The van der Waals surface area contributed by atoms with Crippen LogP contribution in [0.2, 0.25) is 0 Å². The maximum Gasteiger partial charge on any atom is 0.0786 e. The van der Waals surface area contributed by atoms with Crippen molar-refractivity contribution < 1.29 is 9.59 Å². The topological polar surface area (TPSA) is 23.1 Å². The molecule has 0 bridgehead atoms. The first-order valence-corrected chi connectivity index (χ1v) is 6.73. The molecule has 0 amide bonds. The molecule has 0 aliphatic carbocycles. The number of quaternary nitrogens is 1. The molecule has 2 nitrogen and oxygen atoms in total. The summed E-state index contributed by atoms with van der Waals surface area (Å²) >= 11 is 0. The third kappa shape index (κ3) is 4.12. The number of hydrogen-bond acceptors (Lipinski definition) is 1. The molecule has 0 radical (unpaired) electrons. The van der Waals surface area contributed by atoms with Crippen LogP contribution in [0.25, 0.3) is 0 Å². The maximum absolute atomic E-state index is 11.7. The van der Waals surface area contributed by atoms with Crippen LogP contribution in [0.1, 0.15) is 52.4 Å². The van der Waals surface area contributed by atoms with E-state index in [1.807, 2.05) is 0 Å². The van der Waals surface area contributed by atoms with E-state index >= 15 is 0 Å². The summed E-state index contributed by atoms with van der Waals surface area (Å²) in [4.78, 5) is 0. The Morgan fingerprint density at radius 2 is 1.73 bits per heavy atom. The third-order valence-corrected chi connectivity index (χ3v) is 3.72. The van der Waals surface area contributed by atoms with Crippen LogP contribution in [-0.4, -0.2) is 36.8 Å². The van der Waals surface area contributed by atoms with Crippen molar-refractivity contribution in [2.45, 2.75) is 58.5 Å². The molecule has 1 saturated heterocycles. The zero-order chi connectivity index (χ0) is 11.1. The van der Waals surface area contributed by atoms with E-state index in [0.29, 0.717) is 0 Å². The summed E-state index contributed by atoms with van der Waals surface area (Å²) in [5.41, 5.74) is 0. The molecule has 0 spiro atoms. The highest BCUT2D eigenvalue weighted by atomic mass is 16.3. The molecule has 1 rings (SSSR count). The Bertz CT molecular complexity index is 162. The Morgan fingerprint density at radius 1 is 1.13 bits per heavy atom. The highest BCUT2D eigenvalue weighted by Crippen LogP contribution is 2.20. The minimum absolute atomic E-state index is 0.285. The van der Waals surface area contributed by atoms with Gasteiger partial charge in [0, 0.05) is 0 Å². The molecule has 0 aromatic heterocycles. The predicted molar refractivity (Wildman–Crippen MR) is 62.6 cm³/mol. The minimum atomic E-state index is -0.285. The summed E-state index contributed by atoms with van der Waals surface area (Å²) < 4.78 is 1.13. The first-order valence-electron chi connectivity index (χ1n) is 6.73. The van der Waals surface area contributed by atoms with Crippen LogP contribution in [0.15, 0.2) is 0 Å². The van der Waals surface area contributed by atoms with Gasteiger partial charge in [0.05, 0.1) is 26.2 Å². The maximum atomic E-state index is 11.7. The van der Waals surface area contributed by atoms with Crippen LogP contribution in [-0.2, 0) is 0 Å². The standard InChI is InChI=1S/C13H27NO/c1-3-5-9-14(10-6-4-2)11-7-8-13(15)12-14/h13H,3-12H2,1-2H3. The number of hydrogen-bond donors (Lipinski definition) is 0. The van der Waals surface area contributed by atoms with Gasteiger partial charge in [0.1, 0.15) is 0 Å². The molecule has 1 aliphatic rings. The van der Waals surface area contributed by atoms with Gasteiger partial charge >= 0.3 is 0 Å². The first kappa shape index (κ1) is 13.0. The normalized spacial score (nSPS) is 25.4. The van der Waals surface area contributed by atoms with Gasteiger partial charge in [-0.3, -0.25) is 0 Å². The van der Waals surface area contributed by atoms with Gasteiger partial charge < -0.3 is 9.59 Å². The van der Waals surface area contributed by atoms with E-state index in [0.717, 1.165) is 23.9 Å². The second-order valence-electron chi connectivity index (χ2n) is 5.17. The average molecular weight is 213 g/mol. The molecule has 0 saturated carbocycles. The van der Waals surface area contributed by atoms with Crippen molar-refractivity contribution in [3.05, 3.63) is 0 Å². The highest BCUT2D eigenvalue weighted by molar-refractivity contribution is 4.62. The van der Waals surface area contributed by atoms with Crippen molar-refractivity contribution in [3.63, 3.8) is 0 Å². The summed E-state index contributed by atoms with van der Waals surface area (Å²) in [6.45, 7) is 9.15. The van der Waals surface area contributed by atoms with Gasteiger partial charge in [-0.25, -0.2) is 0 Å². The summed E-state index contributed by atoms with van der Waals surface area (Å²) in [5, 5.41) is 11.7. The van der Waals surface area contributed by atoms with E-state index in [2.05, 4.69) is 13.8 Å². The van der Waals surface area contributed by atoms with Crippen molar-refractivity contribution in [2.24, 2.45) is 0 Å². The van der Waals surface area contributed by atoms with E-state index in [-0.39, 0.29) is 6.10 Å². The third-order valence-electron chi connectivity index (χ3n) is 3.72. The lowest BCUT2D eigenvalue weighted by Crippen LogP contribution is -2.59. The number of likely N-dealkylation sites (tertiary alicyclic amines) is 1. The second kappa shape index (κ2) is 6.49. The van der Waals surface area contributed by atoms with Crippen molar-refractivity contribution in [1.29, 1.82) is 0 Å². The quantitative estimate of drug-likeness (QED) is 0.618. The fourth-order valence-electron chi connectivity index (χ4n) is 2.77. The number of nitrogens with zero attached hydrogens (tertiary/aromatic N) is 1. The number of piperidine rings is 1. The lowest BCUT2D eigenvalue weighted by molar-refractivity contribution is -0.942. The Balaban J connectivity index is 2.49. The molecule has 15 heavy (non-hydrogen) atoms. The van der Waals surface area contributed by atoms with Gasteiger partial charge in [-0.15, -0.1) is 0 Å². The molecule has 1 atom stereocenters. The molecule has 0 aromatic rings. The molecule has 1 aliphatic heterocycles. The molecular weight excluding hydrogens is 186 g/mol. The molecular formula is C13H27NO. The van der Waals surface area contributed by atoms with Gasteiger partial charge in [0.15, 0.2) is 0 Å². The molecule has 1 fully saturated rings. The SMILES string of the molecule is CCCC[N+]1(CCCC)CCCC([O-])C1. The van der Waals surface area contributed by atoms with Crippen molar-refractivity contribution in [1.82, 2.24) is 0 Å². The zero-order valence-corrected chi connectivity index (χ0v) is 10.5. The molecule has 90 valence electrons. The smallest absolute Gasteiger partial charge is 0.0786 e. The van der Waals surface area contributed by atoms with E-state index in [9.17, 15) is 5.11 Å². The van der Waals surface area contributed by atoms with Crippen molar-refractivity contribution in [3.8, 4) is 0 Å². The molecule has 0 aromatic carbocycles. The Kier molecular flexibility index (Phi) is 5.62. The van der Waals surface area contributed by atoms with Crippen molar-refractivity contribution >= 4 is 0 Å². The van der Waals surface area contributed by atoms with Gasteiger partial charge in [0.25, 0.3) is 0 Å². The van der Waals surface area contributed by atoms with Crippen LogP contribution in [0.5, 0.6) is 0 Å². The zero-order valence-electron chi connectivity index (χ0n) is 10.5. The minimum Gasteiger partial charge on any atom is -0.848 e. The molecule has 2 heteroatoms. The Hall–Kier alpha value is -0.0800. The fraction of sp³-hybridized carbons (Fsp3) is 1.00. The monoisotopic (exact) mass is 213 g/mol. The van der Waals surface area contributed by atoms with Crippen LogP contribution in [0.3, 0.4) is 0 Å². The molecule has 1 heterocycles. The lowest BCUT2D eigenvalue weighted by Gasteiger charge is -2.47. The van der Waals surface area contributed by atoms with Crippen LogP contribution in [0, 0.1) is 0 Å². The highest BCUT2D eigenvalue weighted by Gasteiger charge is 2.29. The Morgan fingerprint density at radius 3 is 2.20 bits per heavy atom. The Labute approximate surface area is 94.9 Å². The van der Waals surface area contributed by atoms with E-state index < -0.39 is 0 Å². The van der Waals surface area contributed by atoms with Crippen LogP contribution in [0.4, 0.5) is 0 Å². The van der Waals surface area contributed by atoms with Crippen LogP contribution >= 0.6 is 0 Å². The average Bonchev–Trinajstić information content (AvgIpc) is 2.24. The summed E-state index contributed by atoms with van der Waals surface area (Å²) in [7, 11) is 0. The lowest BCUT2D eigenvalue weighted by atomic mass is 10.0. The largest absolute Gasteiger partial charge is 0.848 e. The van der Waals surface area contributed by atoms with Crippen LogP contribution < -0.4 is 5.11 Å². The summed E-state index contributed by atoms with van der Waals surface area (Å²) in [6.07, 6.45) is 6.88. The first-order chi connectivity index (χ1) is 7.22. The van der Waals surface area contributed by atoms with Gasteiger partial charge in [0.2, 0.25) is 0 Å². The number of unbranched alkanes of at least 4 members (excludes halogenated alkanes) is 2.